The summed E-state index contributed by atoms with van der Waals surface area (Å²) in [5.74, 6) is 1.36. The van der Waals surface area contributed by atoms with Gasteiger partial charge in [-0.3, -0.25) is 9.98 Å². The highest BCUT2D eigenvalue weighted by atomic mass is 15.2. The smallest absolute Gasteiger partial charge is 0.0822 e. The molecule has 0 radical (unpaired) electrons. The third kappa shape index (κ3) is 4.57. The molecule has 0 amide bonds. The highest BCUT2D eigenvalue weighted by Gasteiger charge is 2.15. The Bertz CT molecular complexity index is 1900. The third-order valence-electron chi connectivity index (χ3n) is 7.15. The number of hydrogen-bond acceptors (Lipinski definition) is 3. The second kappa shape index (κ2) is 9.66. The van der Waals surface area contributed by atoms with E-state index in [9.17, 15) is 0 Å². The predicted octanol–water partition coefficient (Wildman–Crippen LogP) is 8.64. The summed E-state index contributed by atoms with van der Waals surface area (Å²) in [6, 6.07) is 42.0. The van der Waals surface area contributed by atoms with Crippen LogP contribution < -0.4 is 0 Å². The Morgan fingerprint density at radius 3 is 2.03 bits per heavy atom. The van der Waals surface area contributed by atoms with Gasteiger partial charge in [-0.15, -0.1) is 0 Å². The summed E-state index contributed by atoms with van der Waals surface area (Å²) in [4.78, 5) is 14.5. The lowest BCUT2D eigenvalue weighted by Gasteiger charge is -2.32. The number of hydrogen-bond donors (Lipinski definition) is 0. The number of amidine groups is 2. The molecule has 1 unspecified atom stereocenters. The first kappa shape index (κ1) is 23.1. The minimum absolute atomic E-state index is 0.395. The number of fused-ring (bicyclic) bond motifs is 2. The van der Waals surface area contributed by atoms with Gasteiger partial charge in [0.2, 0.25) is 0 Å². The predicted molar refractivity (Wildman–Crippen MR) is 161 cm³/mol. The molecular weight excluding hydrogens is 476 g/mol. The van der Waals surface area contributed by atoms with Crippen LogP contribution in [0, 0.1) is 6.92 Å². The van der Waals surface area contributed by atoms with Gasteiger partial charge in [0.25, 0.3) is 0 Å². The van der Waals surface area contributed by atoms with Crippen molar-refractivity contribution in [2.75, 3.05) is 0 Å². The monoisotopic (exact) mass is 501 g/mol. The molecule has 2 heterocycles. The molecule has 5 aromatic carbocycles. The summed E-state index contributed by atoms with van der Waals surface area (Å²) in [6.07, 6.45) is 1.52. The fourth-order valence-corrected chi connectivity index (χ4v) is 5.02. The van der Waals surface area contributed by atoms with Crippen LogP contribution in [0.2, 0.25) is 0 Å². The highest BCUT2D eigenvalue weighted by Crippen LogP contribution is 2.34. The molecule has 1 aliphatic heterocycles. The molecule has 1 atom stereocenters. The molecule has 0 saturated carbocycles. The second-order valence-electron chi connectivity index (χ2n) is 9.83. The van der Waals surface area contributed by atoms with Crippen molar-refractivity contribution in [1.29, 1.82) is 0 Å². The van der Waals surface area contributed by atoms with E-state index in [1.54, 1.807) is 0 Å². The third-order valence-corrected chi connectivity index (χ3v) is 7.15. The van der Waals surface area contributed by atoms with Crippen LogP contribution in [0.15, 0.2) is 138 Å². The van der Waals surface area contributed by atoms with Crippen molar-refractivity contribution in [1.82, 2.24) is 4.98 Å². The first-order valence-corrected chi connectivity index (χ1v) is 13.1. The summed E-state index contributed by atoms with van der Waals surface area (Å²) < 4.78 is 0. The van der Waals surface area contributed by atoms with E-state index < -0.39 is 6.17 Å². The molecular formula is C35H25N4-. The number of rotatable bonds is 4. The minimum atomic E-state index is -0.395. The first-order valence-electron chi connectivity index (χ1n) is 13.1. The standard InChI is InChI=1S/C35H25N4/c1-23-13-14-32(22-36-23)28-11-6-12-29(21-28)33-37-34(30-17-15-24-7-2-4-9-26(24)19-30)39-35(38-33)31-18-16-25-8-3-5-10-27(25)20-31/h2-22,34H,1H3/q-1. The van der Waals surface area contributed by atoms with Gasteiger partial charge in [-0.1, -0.05) is 103 Å². The molecule has 39 heavy (non-hydrogen) atoms. The van der Waals surface area contributed by atoms with Crippen molar-refractivity contribution in [3.8, 4) is 11.1 Å². The zero-order chi connectivity index (χ0) is 26.2. The molecule has 1 aliphatic rings. The number of aliphatic imine (C=N–C) groups is 2. The lowest BCUT2D eigenvalue weighted by Crippen LogP contribution is -2.16. The van der Waals surface area contributed by atoms with E-state index in [4.69, 9.17) is 15.3 Å². The Morgan fingerprint density at radius 2 is 1.26 bits per heavy atom. The van der Waals surface area contributed by atoms with Gasteiger partial charge in [0.05, 0.1) is 12.0 Å². The molecule has 0 saturated heterocycles. The van der Waals surface area contributed by atoms with E-state index in [0.717, 1.165) is 38.9 Å². The van der Waals surface area contributed by atoms with E-state index in [1.807, 2.05) is 19.2 Å². The molecule has 186 valence electrons. The normalized spacial score (nSPS) is 15.1. The molecule has 0 N–H and O–H groups in total. The molecule has 6 aromatic rings. The fraction of sp³-hybridized carbons (Fsp3) is 0.0571. The van der Waals surface area contributed by atoms with Crippen LogP contribution in [-0.4, -0.2) is 16.7 Å². The Balaban J connectivity index is 1.34. The topological polar surface area (TPSA) is 51.7 Å². The SMILES string of the molecule is Cc1ccc(-c2cccc(C3=NC(c4ccc5ccccc5c4)=NC(c4ccc5ccccc5c4)[N-]3)c2)cn1. The van der Waals surface area contributed by atoms with Gasteiger partial charge in [0.15, 0.2) is 0 Å². The van der Waals surface area contributed by atoms with E-state index >= 15 is 0 Å². The van der Waals surface area contributed by atoms with Gasteiger partial charge >= 0.3 is 0 Å². The molecule has 0 bridgehead atoms. The van der Waals surface area contributed by atoms with Crippen molar-refractivity contribution in [2.45, 2.75) is 13.1 Å². The van der Waals surface area contributed by atoms with Crippen LogP contribution in [-0.2, 0) is 0 Å². The van der Waals surface area contributed by atoms with Crippen LogP contribution in [0.25, 0.3) is 38.0 Å². The lowest BCUT2D eigenvalue weighted by atomic mass is 10.0. The summed E-state index contributed by atoms with van der Waals surface area (Å²) in [6.45, 7) is 2.00. The van der Waals surface area contributed by atoms with Crippen molar-refractivity contribution in [3.05, 3.63) is 155 Å². The van der Waals surface area contributed by atoms with Crippen molar-refractivity contribution >= 4 is 33.2 Å². The Labute approximate surface area is 227 Å². The van der Waals surface area contributed by atoms with Crippen LogP contribution >= 0.6 is 0 Å². The minimum Gasteiger partial charge on any atom is -0.438 e. The van der Waals surface area contributed by atoms with E-state index in [-0.39, 0.29) is 0 Å². The Morgan fingerprint density at radius 1 is 0.564 bits per heavy atom. The van der Waals surface area contributed by atoms with Gasteiger partial charge in [-0.2, -0.15) is 0 Å². The quantitative estimate of drug-likeness (QED) is 0.238. The lowest BCUT2D eigenvalue weighted by molar-refractivity contribution is 0.880. The maximum absolute atomic E-state index is 5.06. The van der Waals surface area contributed by atoms with Gasteiger partial charge in [-0.05, 0) is 75.0 Å². The van der Waals surface area contributed by atoms with Crippen LogP contribution in [0.3, 0.4) is 0 Å². The van der Waals surface area contributed by atoms with Gasteiger partial charge < -0.3 is 10.3 Å². The molecule has 7 rings (SSSR count). The molecule has 0 spiro atoms. The summed E-state index contributed by atoms with van der Waals surface area (Å²) in [5, 5.41) is 9.78. The Hall–Kier alpha value is -5.09. The number of aryl methyl sites for hydroxylation is 1. The van der Waals surface area contributed by atoms with Crippen molar-refractivity contribution < 1.29 is 0 Å². The number of pyridine rings is 1. The average molecular weight is 502 g/mol. The fourth-order valence-electron chi connectivity index (χ4n) is 5.02. The van der Waals surface area contributed by atoms with Crippen LogP contribution in [0.5, 0.6) is 0 Å². The number of benzene rings is 5. The van der Waals surface area contributed by atoms with E-state index in [1.165, 1.54) is 16.2 Å². The van der Waals surface area contributed by atoms with Crippen LogP contribution in [0.1, 0.15) is 28.6 Å². The molecule has 4 nitrogen and oxygen atoms in total. The molecule has 4 heteroatoms. The highest BCUT2D eigenvalue weighted by molar-refractivity contribution is 6.19. The van der Waals surface area contributed by atoms with Crippen molar-refractivity contribution in [2.24, 2.45) is 9.98 Å². The average Bonchev–Trinajstić information content (AvgIpc) is 3.01. The summed E-state index contributed by atoms with van der Waals surface area (Å²) in [7, 11) is 0. The summed E-state index contributed by atoms with van der Waals surface area (Å²) >= 11 is 0. The van der Waals surface area contributed by atoms with E-state index in [0.29, 0.717) is 11.7 Å². The largest absolute Gasteiger partial charge is 0.438 e. The zero-order valence-electron chi connectivity index (χ0n) is 21.5. The maximum atomic E-state index is 5.06. The molecule has 0 fully saturated rings. The molecule has 1 aromatic heterocycles. The number of nitrogens with zero attached hydrogens (tertiary/aromatic N) is 4. The van der Waals surface area contributed by atoms with Crippen LogP contribution in [0.4, 0.5) is 0 Å². The summed E-state index contributed by atoms with van der Waals surface area (Å²) in [5.41, 5.74) is 6.11. The van der Waals surface area contributed by atoms with Gasteiger partial charge in [0, 0.05) is 17.5 Å². The zero-order valence-corrected chi connectivity index (χ0v) is 21.5. The second-order valence-corrected chi connectivity index (χ2v) is 9.83. The van der Waals surface area contributed by atoms with Gasteiger partial charge in [0.1, 0.15) is 0 Å². The Kier molecular flexibility index (Phi) is 5.71. The van der Waals surface area contributed by atoms with Gasteiger partial charge in [-0.25, -0.2) is 0 Å². The van der Waals surface area contributed by atoms with Crippen molar-refractivity contribution in [3.63, 3.8) is 0 Å². The number of aromatic nitrogens is 1. The maximum Gasteiger partial charge on any atom is 0.0822 e. The molecule has 0 aliphatic carbocycles. The van der Waals surface area contributed by atoms with E-state index in [2.05, 4.69) is 120 Å². The first-order chi connectivity index (χ1) is 19.2.